The van der Waals surface area contributed by atoms with Crippen molar-refractivity contribution in [3.8, 4) is 0 Å². The lowest BCUT2D eigenvalue weighted by atomic mass is 10.7. The van der Waals surface area contributed by atoms with Crippen LogP contribution in [0.5, 0.6) is 0 Å². The summed E-state index contributed by atoms with van der Waals surface area (Å²) in [5.41, 5.74) is 1.20. The van der Waals surface area contributed by atoms with Gasteiger partial charge in [-0.15, -0.1) is 0 Å². The molecule has 0 aromatic heterocycles. The van der Waals surface area contributed by atoms with Crippen molar-refractivity contribution in [1.29, 1.82) is 0 Å². The first-order valence-electron chi connectivity index (χ1n) is 1.53. The number of carbonyl (C=O) groups excluding carboxylic acids is 1. The fourth-order valence-electron chi connectivity index (χ4n) is 0.0867. The van der Waals surface area contributed by atoms with E-state index in [0.29, 0.717) is 0 Å². The van der Waals surface area contributed by atoms with Crippen LogP contribution in [0.2, 0.25) is 0 Å². The van der Waals surface area contributed by atoms with Crippen LogP contribution in [-0.4, -0.2) is 11.2 Å². The smallest absolute Gasteiger partial charge is 0.341 e. The van der Waals surface area contributed by atoms with Crippen LogP contribution in [0.4, 0.5) is 0 Å². The molecule has 7 heavy (non-hydrogen) atoms. The Morgan fingerprint density at radius 2 is 2.57 bits per heavy atom. The first-order valence-corrected chi connectivity index (χ1v) is 1.53. The number of hydrogen-bond donors (Lipinski definition) is 2. The quantitative estimate of drug-likeness (QED) is 0.369. The van der Waals surface area contributed by atoms with E-state index in [1.165, 1.54) is 5.64 Å². The van der Waals surface area contributed by atoms with Crippen LogP contribution in [0, 0.1) is 0 Å². The Hall–Kier alpha value is -0.870. The highest BCUT2D eigenvalue weighted by Crippen LogP contribution is 1.67. The highest BCUT2D eigenvalue weighted by molar-refractivity contribution is 5.80. The van der Waals surface area contributed by atoms with E-state index in [4.69, 9.17) is 5.21 Å². The molecule has 2 N–H and O–H groups in total. The zero-order valence-corrected chi connectivity index (χ0v) is 3.55. The fourth-order valence-corrected chi connectivity index (χ4v) is 0.0867. The van der Waals surface area contributed by atoms with E-state index in [0.717, 1.165) is 6.08 Å². The van der Waals surface area contributed by atoms with Gasteiger partial charge in [-0.25, -0.2) is 4.79 Å². The maximum Gasteiger partial charge on any atom is 0.351 e. The maximum atomic E-state index is 9.85. The topological polar surface area (TPSA) is 58.6 Å². The largest absolute Gasteiger partial charge is 0.351 e. The molecule has 0 rings (SSSR count). The Labute approximate surface area is 40.3 Å². The van der Waals surface area contributed by atoms with Crippen molar-refractivity contribution in [2.45, 2.75) is 0 Å². The van der Waals surface area contributed by atoms with Crippen molar-refractivity contribution in [2.75, 3.05) is 0 Å². The van der Waals surface area contributed by atoms with E-state index in [-0.39, 0.29) is 0 Å². The van der Waals surface area contributed by atoms with Gasteiger partial charge in [-0.1, -0.05) is 6.58 Å². The molecule has 4 nitrogen and oxygen atoms in total. The lowest BCUT2D eigenvalue weighted by Crippen LogP contribution is -2.12. The van der Waals surface area contributed by atoms with Crippen LogP contribution >= 0.6 is 0 Å². The third kappa shape index (κ3) is 2.95. The van der Waals surface area contributed by atoms with Crippen molar-refractivity contribution in [3.05, 3.63) is 12.7 Å². The van der Waals surface area contributed by atoms with Gasteiger partial charge in [0.05, 0.1) is 0 Å². The summed E-state index contributed by atoms with van der Waals surface area (Å²) in [6, 6.07) is 0. The highest BCUT2D eigenvalue weighted by Gasteiger charge is 1.87. The molecule has 0 aromatic carbocycles. The molecule has 0 aliphatic carbocycles. The zero-order chi connectivity index (χ0) is 5.70. The Morgan fingerprint density at radius 3 is 2.71 bits per heavy atom. The Morgan fingerprint density at radius 1 is 2.00 bits per heavy atom. The van der Waals surface area contributed by atoms with E-state index < -0.39 is 5.97 Å². The summed E-state index contributed by atoms with van der Waals surface area (Å²) < 4.78 is 0. The van der Waals surface area contributed by atoms with Crippen LogP contribution in [0.3, 0.4) is 0 Å². The van der Waals surface area contributed by atoms with Crippen molar-refractivity contribution >= 4 is 5.97 Å². The molecule has 0 unspecified atom stereocenters. The lowest BCUT2D eigenvalue weighted by Gasteiger charge is -1.89. The number of nitrogens with one attached hydrogen (secondary N) is 1. The van der Waals surface area contributed by atoms with Gasteiger partial charge >= 0.3 is 5.97 Å². The minimum Gasteiger partial charge on any atom is -0.341 e. The SMILES string of the molecule is C=CC(=O)ONO. The van der Waals surface area contributed by atoms with E-state index >= 15 is 0 Å². The van der Waals surface area contributed by atoms with E-state index in [2.05, 4.69) is 11.4 Å². The van der Waals surface area contributed by atoms with Gasteiger partial charge in [-0.3, -0.25) is 5.21 Å². The van der Waals surface area contributed by atoms with E-state index in [9.17, 15) is 4.79 Å². The fraction of sp³-hybridized carbons (Fsp3) is 0. The molecule has 0 atom stereocenters. The van der Waals surface area contributed by atoms with Gasteiger partial charge in [0, 0.05) is 6.08 Å². The molecule has 0 saturated heterocycles. The lowest BCUT2D eigenvalue weighted by molar-refractivity contribution is -0.170. The van der Waals surface area contributed by atoms with Crippen molar-refractivity contribution in [2.24, 2.45) is 0 Å². The monoisotopic (exact) mass is 103 g/mol. The van der Waals surface area contributed by atoms with Gasteiger partial charge in [-0.05, 0) is 5.64 Å². The van der Waals surface area contributed by atoms with Crippen LogP contribution in [-0.2, 0) is 9.63 Å². The summed E-state index contributed by atoms with van der Waals surface area (Å²) in [5, 5.41) is 7.63. The molecule has 0 aromatic rings. The predicted molar refractivity (Wildman–Crippen MR) is 21.2 cm³/mol. The number of hydrogen-bond acceptors (Lipinski definition) is 4. The van der Waals surface area contributed by atoms with Gasteiger partial charge in [0.25, 0.3) is 0 Å². The molecule has 0 aliphatic heterocycles. The predicted octanol–water partition coefficient (Wildman–Crippen LogP) is -0.391. The number of carbonyl (C=O) groups is 1. The summed E-state index contributed by atoms with van der Waals surface area (Å²) in [6.07, 6.45) is 0.920. The molecule has 4 heteroatoms. The molecule has 0 heterocycles. The van der Waals surface area contributed by atoms with Gasteiger partial charge in [-0.2, -0.15) is 0 Å². The second kappa shape index (κ2) is 3.32. The molecule has 40 valence electrons. The molecule has 0 saturated carbocycles. The summed E-state index contributed by atoms with van der Waals surface area (Å²) in [7, 11) is 0. The average molecular weight is 103 g/mol. The van der Waals surface area contributed by atoms with Gasteiger partial charge in [0.2, 0.25) is 0 Å². The zero-order valence-electron chi connectivity index (χ0n) is 3.55. The minimum atomic E-state index is -0.720. The van der Waals surface area contributed by atoms with Crippen LogP contribution in [0.1, 0.15) is 0 Å². The van der Waals surface area contributed by atoms with Crippen LogP contribution in [0.15, 0.2) is 12.7 Å². The van der Waals surface area contributed by atoms with Crippen LogP contribution < -0.4 is 5.64 Å². The van der Waals surface area contributed by atoms with Gasteiger partial charge in [0.1, 0.15) is 0 Å². The second-order valence-corrected chi connectivity index (χ2v) is 0.717. The molecule has 0 fully saturated rings. The summed E-state index contributed by atoms with van der Waals surface area (Å²) in [4.78, 5) is 13.6. The Kier molecular flexibility index (Phi) is 2.91. The van der Waals surface area contributed by atoms with Gasteiger partial charge in [0.15, 0.2) is 0 Å². The Bertz CT molecular complexity index is 80.2. The van der Waals surface area contributed by atoms with E-state index in [1.54, 1.807) is 0 Å². The first-order chi connectivity index (χ1) is 3.31. The first kappa shape index (κ1) is 6.13. The van der Waals surface area contributed by atoms with Crippen molar-refractivity contribution in [1.82, 2.24) is 5.64 Å². The number of rotatable bonds is 2. The highest BCUT2D eigenvalue weighted by atomic mass is 16.8. The standard InChI is InChI=1S/C3H5NO3/c1-2-3(5)7-4-6/h2,4,6H,1H2. The van der Waals surface area contributed by atoms with Crippen LogP contribution in [0.25, 0.3) is 0 Å². The van der Waals surface area contributed by atoms with E-state index in [1.807, 2.05) is 0 Å². The molecule has 0 aliphatic rings. The van der Waals surface area contributed by atoms with Crippen molar-refractivity contribution < 1.29 is 14.8 Å². The summed E-state index contributed by atoms with van der Waals surface area (Å²) in [5.74, 6) is -0.720. The summed E-state index contributed by atoms with van der Waals surface area (Å²) in [6.45, 7) is 3.05. The summed E-state index contributed by atoms with van der Waals surface area (Å²) >= 11 is 0. The maximum absolute atomic E-state index is 9.85. The van der Waals surface area contributed by atoms with Gasteiger partial charge < -0.3 is 4.84 Å². The molecule has 0 amide bonds. The minimum absolute atomic E-state index is 0.720. The second-order valence-electron chi connectivity index (χ2n) is 0.717. The molecule has 0 bridgehead atoms. The molecule has 0 radical (unpaired) electrons. The average Bonchev–Trinajstić information content (AvgIpc) is 1.68. The molecule has 0 spiro atoms. The normalized spacial score (nSPS) is 7.57. The third-order valence-electron chi connectivity index (χ3n) is 0.313. The third-order valence-corrected chi connectivity index (χ3v) is 0.313. The van der Waals surface area contributed by atoms with Crippen molar-refractivity contribution in [3.63, 3.8) is 0 Å². The Balaban J connectivity index is 3.17. The molecular formula is C3H5NO3. The molecular weight excluding hydrogens is 98.0 g/mol.